The Morgan fingerprint density at radius 3 is 2.79 bits per heavy atom. The number of carbonyl (C=O) groups is 4. The molecule has 0 bridgehead atoms. The number of rotatable bonds is 7. The summed E-state index contributed by atoms with van der Waals surface area (Å²) in [7, 11) is 1.29. The number of amides is 4. The van der Waals surface area contributed by atoms with Gasteiger partial charge in [0.2, 0.25) is 12.7 Å². The van der Waals surface area contributed by atoms with Crippen molar-refractivity contribution < 1.29 is 33.4 Å². The van der Waals surface area contributed by atoms with Gasteiger partial charge in [0.15, 0.2) is 11.5 Å². The molecule has 28 heavy (non-hydrogen) atoms. The van der Waals surface area contributed by atoms with E-state index in [1.807, 2.05) is 0 Å². The lowest BCUT2D eigenvalue weighted by molar-refractivity contribution is -0.140. The third-order valence-electron chi connectivity index (χ3n) is 4.63. The van der Waals surface area contributed by atoms with Crippen molar-refractivity contribution in [3.05, 3.63) is 23.8 Å². The molecule has 0 saturated carbocycles. The molecule has 0 spiro atoms. The molecule has 0 aliphatic carbocycles. The number of nitrogens with one attached hydrogen (secondary N) is 2. The quantitative estimate of drug-likeness (QED) is 0.388. The molecule has 2 N–H and O–H groups in total. The van der Waals surface area contributed by atoms with Crippen molar-refractivity contribution in [3.8, 4) is 11.5 Å². The highest BCUT2D eigenvalue weighted by Gasteiger charge is 2.49. The van der Waals surface area contributed by atoms with Gasteiger partial charge in [-0.15, -0.1) is 0 Å². The lowest BCUT2D eigenvalue weighted by Gasteiger charge is -2.22. The van der Waals surface area contributed by atoms with Gasteiger partial charge in [-0.3, -0.25) is 19.3 Å². The first-order valence-corrected chi connectivity index (χ1v) is 8.73. The van der Waals surface area contributed by atoms with E-state index in [0.29, 0.717) is 23.5 Å². The SMILES string of the molecule is COC(=O)CCCNC(=O)CN1C(=O)N[C@](C)(c2ccc3c(c2)OCO3)C1=O. The summed E-state index contributed by atoms with van der Waals surface area (Å²) in [5, 5.41) is 5.21. The summed E-state index contributed by atoms with van der Waals surface area (Å²) in [6.07, 6.45) is 0.565. The molecule has 2 aliphatic heterocycles. The maximum Gasteiger partial charge on any atom is 0.325 e. The van der Waals surface area contributed by atoms with Crippen molar-refractivity contribution in [1.29, 1.82) is 0 Å². The van der Waals surface area contributed by atoms with Crippen LogP contribution in [0.15, 0.2) is 18.2 Å². The Hall–Kier alpha value is -3.30. The van der Waals surface area contributed by atoms with Gasteiger partial charge in [-0.2, -0.15) is 0 Å². The van der Waals surface area contributed by atoms with E-state index >= 15 is 0 Å². The average molecular weight is 391 g/mol. The third-order valence-corrected chi connectivity index (χ3v) is 4.63. The van der Waals surface area contributed by atoms with Gasteiger partial charge in [-0.1, -0.05) is 6.07 Å². The summed E-state index contributed by atoms with van der Waals surface area (Å²) in [4.78, 5) is 49.1. The minimum Gasteiger partial charge on any atom is -0.469 e. The van der Waals surface area contributed by atoms with Gasteiger partial charge in [0.05, 0.1) is 7.11 Å². The summed E-state index contributed by atoms with van der Waals surface area (Å²) < 4.78 is 15.1. The van der Waals surface area contributed by atoms with Crippen LogP contribution in [0.1, 0.15) is 25.3 Å². The van der Waals surface area contributed by atoms with Gasteiger partial charge in [0.1, 0.15) is 12.1 Å². The van der Waals surface area contributed by atoms with Crippen molar-refractivity contribution in [3.63, 3.8) is 0 Å². The molecule has 150 valence electrons. The summed E-state index contributed by atoms with van der Waals surface area (Å²) >= 11 is 0. The van der Waals surface area contributed by atoms with Crippen LogP contribution in [0.3, 0.4) is 0 Å². The molecule has 1 aromatic carbocycles. The van der Waals surface area contributed by atoms with E-state index in [2.05, 4.69) is 15.4 Å². The zero-order chi connectivity index (χ0) is 20.3. The molecule has 2 aliphatic rings. The summed E-state index contributed by atoms with van der Waals surface area (Å²) in [5.41, 5.74) is -0.792. The second kappa shape index (κ2) is 7.75. The highest BCUT2D eigenvalue weighted by molar-refractivity contribution is 6.09. The molecule has 1 aromatic rings. The van der Waals surface area contributed by atoms with E-state index in [4.69, 9.17) is 9.47 Å². The predicted octanol–water partition coefficient (Wildman–Crippen LogP) is 0.252. The van der Waals surface area contributed by atoms with E-state index in [9.17, 15) is 19.2 Å². The number of ether oxygens (including phenoxy) is 3. The van der Waals surface area contributed by atoms with E-state index in [1.54, 1.807) is 25.1 Å². The van der Waals surface area contributed by atoms with Crippen molar-refractivity contribution in [2.45, 2.75) is 25.3 Å². The number of urea groups is 1. The van der Waals surface area contributed by atoms with Gasteiger partial charge in [0.25, 0.3) is 5.91 Å². The van der Waals surface area contributed by atoms with Gasteiger partial charge in [-0.25, -0.2) is 4.79 Å². The van der Waals surface area contributed by atoms with E-state index in [1.165, 1.54) is 7.11 Å². The van der Waals surface area contributed by atoms with Crippen molar-refractivity contribution in [2.24, 2.45) is 0 Å². The van der Waals surface area contributed by atoms with Crippen LogP contribution in [0, 0.1) is 0 Å². The Balaban J connectivity index is 1.61. The fraction of sp³-hybridized carbons (Fsp3) is 0.444. The lowest BCUT2D eigenvalue weighted by Crippen LogP contribution is -2.43. The molecular weight excluding hydrogens is 370 g/mol. The second-order valence-electron chi connectivity index (χ2n) is 6.54. The van der Waals surface area contributed by atoms with Gasteiger partial charge < -0.3 is 24.8 Å². The van der Waals surface area contributed by atoms with Gasteiger partial charge in [0, 0.05) is 13.0 Å². The number of methoxy groups -OCH3 is 1. The number of hydrogen-bond acceptors (Lipinski definition) is 7. The second-order valence-corrected chi connectivity index (χ2v) is 6.54. The number of benzene rings is 1. The predicted molar refractivity (Wildman–Crippen MR) is 94.4 cm³/mol. The molecule has 0 radical (unpaired) electrons. The number of fused-ring (bicyclic) bond motifs is 1. The van der Waals surface area contributed by atoms with Crippen LogP contribution in [0.5, 0.6) is 11.5 Å². The van der Waals surface area contributed by atoms with Gasteiger partial charge in [-0.05, 0) is 31.0 Å². The molecule has 1 atom stereocenters. The normalized spacial score (nSPS) is 20.1. The number of nitrogens with zero attached hydrogens (tertiary/aromatic N) is 1. The van der Waals surface area contributed by atoms with Crippen molar-refractivity contribution in [1.82, 2.24) is 15.5 Å². The molecule has 10 nitrogen and oxygen atoms in total. The summed E-state index contributed by atoms with van der Waals surface area (Å²) in [6.45, 7) is 1.48. The molecule has 1 fully saturated rings. The van der Waals surface area contributed by atoms with Crippen LogP contribution < -0.4 is 20.1 Å². The fourth-order valence-corrected chi connectivity index (χ4v) is 3.01. The van der Waals surface area contributed by atoms with Crippen molar-refractivity contribution >= 4 is 23.8 Å². The Morgan fingerprint density at radius 1 is 1.29 bits per heavy atom. The number of hydrogen-bond donors (Lipinski definition) is 2. The van der Waals surface area contributed by atoms with Crippen molar-refractivity contribution in [2.75, 3.05) is 27.0 Å². The number of imide groups is 1. The molecule has 0 unspecified atom stereocenters. The molecule has 3 rings (SSSR count). The highest BCUT2D eigenvalue weighted by atomic mass is 16.7. The Kier molecular flexibility index (Phi) is 5.39. The van der Waals surface area contributed by atoms with Crippen LogP contribution in [-0.4, -0.2) is 55.7 Å². The lowest BCUT2D eigenvalue weighted by atomic mass is 9.91. The van der Waals surface area contributed by atoms with Crippen LogP contribution in [0.2, 0.25) is 0 Å². The van der Waals surface area contributed by atoms with E-state index < -0.39 is 29.9 Å². The average Bonchev–Trinajstić information content (AvgIpc) is 3.23. The topological polar surface area (TPSA) is 123 Å². The van der Waals surface area contributed by atoms with Crippen LogP contribution in [0.4, 0.5) is 4.79 Å². The minimum absolute atomic E-state index is 0.0953. The third kappa shape index (κ3) is 3.71. The van der Waals surface area contributed by atoms with E-state index in [0.717, 1.165) is 4.90 Å². The van der Waals surface area contributed by atoms with Crippen LogP contribution >= 0.6 is 0 Å². The molecular formula is C18H21N3O7. The Morgan fingerprint density at radius 2 is 2.04 bits per heavy atom. The first-order valence-electron chi connectivity index (χ1n) is 8.73. The first kappa shape index (κ1) is 19.5. The minimum atomic E-state index is -1.32. The molecule has 1 saturated heterocycles. The smallest absolute Gasteiger partial charge is 0.325 e. The molecule has 4 amide bonds. The largest absolute Gasteiger partial charge is 0.469 e. The standard InChI is InChI=1S/C18H21N3O7/c1-18(11-5-6-12-13(8-11)28-10-27-12)16(24)21(17(25)20-18)9-14(22)19-7-3-4-15(23)26-2/h5-6,8H,3-4,7,9-10H2,1-2H3,(H,19,22)(H,20,25)/t18-/m1/s1. The zero-order valence-corrected chi connectivity index (χ0v) is 15.6. The Bertz CT molecular complexity index is 825. The summed E-state index contributed by atoms with van der Waals surface area (Å²) in [6, 6.07) is 4.31. The fourth-order valence-electron chi connectivity index (χ4n) is 3.01. The maximum absolute atomic E-state index is 12.9. The Labute approximate surface area is 161 Å². The highest BCUT2D eigenvalue weighted by Crippen LogP contribution is 2.37. The van der Waals surface area contributed by atoms with Gasteiger partial charge >= 0.3 is 12.0 Å². The molecule has 10 heteroatoms. The summed E-state index contributed by atoms with van der Waals surface area (Å²) in [5.74, 6) is -0.359. The molecule has 2 heterocycles. The zero-order valence-electron chi connectivity index (χ0n) is 15.6. The number of carbonyl (C=O) groups excluding carboxylic acids is 4. The first-order chi connectivity index (χ1) is 13.3. The maximum atomic E-state index is 12.9. The van der Waals surface area contributed by atoms with E-state index in [-0.39, 0.29) is 25.7 Å². The van der Waals surface area contributed by atoms with Crippen LogP contribution in [0.25, 0.3) is 0 Å². The molecule has 0 aromatic heterocycles. The monoisotopic (exact) mass is 391 g/mol. The van der Waals surface area contributed by atoms with Crippen LogP contribution in [-0.2, 0) is 24.7 Å². The number of esters is 1.